The number of aryl methyl sites for hydroxylation is 1. The fourth-order valence-electron chi connectivity index (χ4n) is 2.65. The van der Waals surface area contributed by atoms with E-state index in [9.17, 15) is 14.0 Å². The molecule has 0 aliphatic carbocycles. The summed E-state index contributed by atoms with van der Waals surface area (Å²) in [6, 6.07) is 7.97. The molecule has 1 aromatic carbocycles. The number of methoxy groups -OCH3 is 1. The van der Waals surface area contributed by atoms with Gasteiger partial charge in [-0.15, -0.1) is 11.3 Å². The van der Waals surface area contributed by atoms with Crippen LogP contribution in [0.5, 0.6) is 0 Å². The molecular formula is C20H23Cl2FN2O3S. The molecule has 1 aromatic heterocycles. The van der Waals surface area contributed by atoms with E-state index < -0.39 is 10.7 Å². The van der Waals surface area contributed by atoms with Gasteiger partial charge in [0.1, 0.15) is 5.82 Å². The van der Waals surface area contributed by atoms with E-state index in [-0.39, 0.29) is 38.0 Å². The Morgan fingerprint density at radius 1 is 1.14 bits per heavy atom. The van der Waals surface area contributed by atoms with E-state index in [2.05, 4.69) is 0 Å². The quantitative estimate of drug-likeness (QED) is 0.503. The predicted molar refractivity (Wildman–Crippen MR) is 114 cm³/mol. The molecule has 0 unspecified atom stereocenters. The minimum absolute atomic E-state index is 0.177. The molecular weight excluding hydrogens is 438 g/mol. The van der Waals surface area contributed by atoms with Crippen molar-refractivity contribution in [2.24, 2.45) is 0 Å². The van der Waals surface area contributed by atoms with Crippen molar-refractivity contribution in [3.05, 3.63) is 57.5 Å². The lowest BCUT2D eigenvalue weighted by Gasteiger charge is -2.28. The first-order valence-electron chi connectivity index (χ1n) is 8.93. The van der Waals surface area contributed by atoms with Gasteiger partial charge in [-0.3, -0.25) is 9.59 Å². The zero-order valence-corrected chi connectivity index (χ0v) is 18.6. The topological polar surface area (TPSA) is 49.9 Å². The van der Waals surface area contributed by atoms with Crippen molar-refractivity contribution >= 4 is 46.4 Å². The van der Waals surface area contributed by atoms with Crippen LogP contribution in [-0.4, -0.2) is 53.3 Å². The third kappa shape index (κ3) is 7.26. The Balaban J connectivity index is 2.20. The van der Waals surface area contributed by atoms with Gasteiger partial charge in [0.2, 0.25) is 5.91 Å². The van der Waals surface area contributed by atoms with E-state index in [1.807, 2.05) is 18.4 Å². The molecule has 0 aliphatic heterocycles. The van der Waals surface area contributed by atoms with E-state index in [1.54, 1.807) is 28.4 Å². The molecule has 1 heterocycles. The van der Waals surface area contributed by atoms with Crippen molar-refractivity contribution < 1.29 is 18.7 Å². The molecule has 0 spiro atoms. The van der Waals surface area contributed by atoms with Crippen molar-refractivity contribution in [1.29, 1.82) is 0 Å². The van der Waals surface area contributed by atoms with E-state index >= 15 is 0 Å². The average Bonchev–Trinajstić information content (AvgIpc) is 3.10. The Kier molecular flexibility index (Phi) is 9.36. The Hall–Kier alpha value is -1.67. The first-order chi connectivity index (χ1) is 13.8. The second-order valence-electron chi connectivity index (χ2n) is 6.46. The van der Waals surface area contributed by atoms with Gasteiger partial charge in [0.25, 0.3) is 5.91 Å². The summed E-state index contributed by atoms with van der Waals surface area (Å²) < 4.78 is 18.2. The molecule has 0 N–H and O–H groups in total. The zero-order valence-electron chi connectivity index (χ0n) is 16.2. The number of rotatable bonds is 10. The summed E-state index contributed by atoms with van der Waals surface area (Å²) in [5, 5.41) is 1.96. The van der Waals surface area contributed by atoms with Crippen molar-refractivity contribution in [2.45, 2.75) is 24.8 Å². The van der Waals surface area contributed by atoms with Crippen LogP contribution in [0.3, 0.4) is 0 Å². The van der Waals surface area contributed by atoms with E-state index in [0.717, 1.165) is 16.0 Å². The largest absolute Gasteiger partial charge is 0.383 e. The van der Waals surface area contributed by atoms with Crippen molar-refractivity contribution in [3.63, 3.8) is 0 Å². The second-order valence-corrected chi connectivity index (χ2v) is 8.55. The highest BCUT2D eigenvalue weighted by atomic mass is 35.5. The van der Waals surface area contributed by atoms with Crippen LogP contribution in [-0.2, 0) is 27.4 Å². The summed E-state index contributed by atoms with van der Waals surface area (Å²) in [6.45, 7) is 2.92. The number of amides is 2. The highest BCUT2D eigenvalue weighted by molar-refractivity contribution is 7.10. The molecule has 158 valence electrons. The summed E-state index contributed by atoms with van der Waals surface area (Å²) >= 11 is 13.0. The van der Waals surface area contributed by atoms with Gasteiger partial charge in [0, 0.05) is 25.1 Å². The summed E-state index contributed by atoms with van der Waals surface area (Å²) in [5.41, 5.74) is 1.87. The number of carbonyl (C=O) groups excluding carboxylic acids is 2. The first-order valence-corrected chi connectivity index (χ1v) is 10.7. The lowest BCUT2D eigenvalue weighted by Crippen LogP contribution is -2.45. The molecule has 0 atom stereocenters. The number of hydrogen-bond donors (Lipinski definition) is 0. The van der Waals surface area contributed by atoms with E-state index in [4.69, 9.17) is 27.9 Å². The van der Waals surface area contributed by atoms with Crippen LogP contribution in [0, 0.1) is 12.7 Å². The summed E-state index contributed by atoms with van der Waals surface area (Å²) in [6.07, 6.45) is 0. The number of hydrogen-bond acceptors (Lipinski definition) is 4. The molecule has 2 amide bonds. The minimum Gasteiger partial charge on any atom is -0.383 e. The normalized spacial score (nSPS) is 11.0. The number of nitrogens with zero attached hydrogens (tertiary/aromatic N) is 2. The maximum Gasteiger partial charge on any atom is 0.256 e. The highest BCUT2D eigenvalue weighted by Crippen LogP contribution is 2.20. The fraction of sp³-hybridized carbons (Fsp3) is 0.400. The first kappa shape index (κ1) is 23.6. The third-order valence-corrected chi connectivity index (χ3v) is 5.71. The molecule has 9 heteroatoms. The Labute approximate surface area is 184 Å². The summed E-state index contributed by atoms with van der Waals surface area (Å²) in [7, 11) is 1.50. The van der Waals surface area contributed by atoms with Gasteiger partial charge < -0.3 is 14.5 Å². The standard InChI is InChI=1S/C20H23Cl2FN2O3S/c1-14-7-10-29-17(14)12-25(11-15-3-5-16(23)6-4-15)18(26)13-24(8-9-28-2)20(27)19(21)22/h3-7,10,19H,8-9,11-13H2,1-2H3. The van der Waals surface area contributed by atoms with Gasteiger partial charge in [-0.25, -0.2) is 4.39 Å². The molecule has 2 aromatic rings. The van der Waals surface area contributed by atoms with Crippen LogP contribution < -0.4 is 0 Å². The fourth-order valence-corrected chi connectivity index (χ4v) is 3.85. The van der Waals surface area contributed by atoms with Gasteiger partial charge >= 0.3 is 0 Å². The maximum atomic E-state index is 13.2. The zero-order chi connectivity index (χ0) is 21.4. The minimum atomic E-state index is -1.26. The van der Waals surface area contributed by atoms with Crippen LogP contribution in [0.1, 0.15) is 16.0 Å². The number of benzene rings is 1. The van der Waals surface area contributed by atoms with Gasteiger partial charge in [0.05, 0.1) is 19.7 Å². The average molecular weight is 461 g/mol. The van der Waals surface area contributed by atoms with Gasteiger partial charge in [-0.05, 0) is 41.6 Å². The molecule has 0 saturated carbocycles. The number of thiophene rings is 1. The number of halogens is 3. The van der Waals surface area contributed by atoms with Crippen LogP contribution >= 0.6 is 34.5 Å². The Morgan fingerprint density at radius 3 is 2.38 bits per heavy atom. The maximum absolute atomic E-state index is 13.2. The summed E-state index contributed by atoms with van der Waals surface area (Å²) in [5.74, 6) is -1.15. The number of alkyl halides is 2. The summed E-state index contributed by atoms with van der Waals surface area (Å²) in [4.78, 5) is 28.1. The second kappa shape index (κ2) is 11.5. The smallest absolute Gasteiger partial charge is 0.256 e. The molecule has 0 aliphatic rings. The van der Waals surface area contributed by atoms with Crippen molar-refractivity contribution in [3.8, 4) is 0 Å². The van der Waals surface area contributed by atoms with Gasteiger partial charge in [-0.2, -0.15) is 0 Å². The van der Waals surface area contributed by atoms with Crippen LogP contribution in [0.2, 0.25) is 0 Å². The van der Waals surface area contributed by atoms with Gasteiger partial charge in [0.15, 0.2) is 4.84 Å². The molecule has 0 saturated heterocycles. The van der Waals surface area contributed by atoms with Gasteiger partial charge in [-0.1, -0.05) is 35.3 Å². The number of carbonyl (C=O) groups is 2. The third-order valence-electron chi connectivity index (χ3n) is 4.33. The van der Waals surface area contributed by atoms with E-state index in [0.29, 0.717) is 6.54 Å². The molecule has 0 radical (unpaired) electrons. The SMILES string of the molecule is COCCN(CC(=O)N(Cc1ccc(F)cc1)Cc1sccc1C)C(=O)C(Cl)Cl. The van der Waals surface area contributed by atoms with Crippen LogP contribution in [0.4, 0.5) is 4.39 Å². The lowest BCUT2D eigenvalue weighted by molar-refractivity contribution is -0.140. The predicted octanol–water partition coefficient (Wildman–Crippen LogP) is 4.00. The molecule has 0 bridgehead atoms. The molecule has 29 heavy (non-hydrogen) atoms. The molecule has 0 fully saturated rings. The van der Waals surface area contributed by atoms with E-state index in [1.165, 1.54) is 24.1 Å². The Bertz CT molecular complexity index is 814. The van der Waals surface area contributed by atoms with Crippen LogP contribution in [0.15, 0.2) is 35.7 Å². The highest BCUT2D eigenvalue weighted by Gasteiger charge is 2.25. The van der Waals surface area contributed by atoms with Crippen LogP contribution in [0.25, 0.3) is 0 Å². The number of ether oxygens (including phenoxy) is 1. The Morgan fingerprint density at radius 2 is 1.83 bits per heavy atom. The van der Waals surface area contributed by atoms with Crippen molar-refractivity contribution in [2.75, 3.05) is 26.8 Å². The molecule has 5 nitrogen and oxygen atoms in total. The lowest BCUT2D eigenvalue weighted by atomic mass is 10.2. The monoisotopic (exact) mass is 460 g/mol. The molecule has 2 rings (SSSR count). The van der Waals surface area contributed by atoms with Crippen molar-refractivity contribution in [1.82, 2.24) is 9.80 Å².